The third kappa shape index (κ3) is 4.06. The van der Waals surface area contributed by atoms with Gasteiger partial charge in [-0.15, -0.1) is 0 Å². The normalized spacial score (nSPS) is 14.3. The van der Waals surface area contributed by atoms with E-state index in [0.717, 1.165) is 55.5 Å². The molecule has 1 fully saturated rings. The highest BCUT2D eigenvalue weighted by Gasteiger charge is 2.28. The minimum absolute atomic E-state index is 0.219. The Morgan fingerprint density at radius 1 is 1.29 bits per heavy atom. The quantitative estimate of drug-likeness (QED) is 0.733. The molecule has 118 valence electrons. The maximum Gasteiger partial charge on any atom is 0.137 e. The summed E-state index contributed by atoms with van der Waals surface area (Å²) in [6, 6.07) is 0. The second-order valence-corrected chi connectivity index (χ2v) is 5.74. The lowest BCUT2D eigenvalue weighted by Crippen LogP contribution is -2.27. The summed E-state index contributed by atoms with van der Waals surface area (Å²) >= 11 is 0. The fraction of sp³-hybridized carbons (Fsp3) is 0.750. The van der Waals surface area contributed by atoms with Crippen molar-refractivity contribution in [2.75, 3.05) is 36.5 Å². The molecule has 1 saturated carbocycles. The van der Waals surface area contributed by atoms with Gasteiger partial charge >= 0.3 is 0 Å². The molecule has 1 aromatic heterocycles. The van der Waals surface area contributed by atoms with Crippen molar-refractivity contribution in [2.45, 2.75) is 52.4 Å². The number of hydrogen-bond acceptors (Lipinski definition) is 5. The Bertz CT molecular complexity index is 460. The topological polar surface area (TPSA) is 61.3 Å². The highest BCUT2D eigenvalue weighted by Crippen LogP contribution is 2.40. The molecule has 2 rings (SSSR count). The lowest BCUT2D eigenvalue weighted by atomic mass is 10.2. The van der Waals surface area contributed by atoms with Crippen molar-refractivity contribution in [1.82, 2.24) is 9.97 Å². The van der Waals surface area contributed by atoms with Crippen molar-refractivity contribution in [3.63, 3.8) is 0 Å². The average molecular weight is 292 g/mol. The lowest BCUT2D eigenvalue weighted by molar-refractivity contribution is 0.289. The number of hydrogen-bond donors (Lipinski definition) is 2. The molecule has 5 heteroatoms. The first-order chi connectivity index (χ1) is 10.2. The van der Waals surface area contributed by atoms with Gasteiger partial charge in [0.05, 0.1) is 0 Å². The monoisotopic (exact) mass is 292 g/mol. The third-order valence-corrected chi connectivity index (χ3v) is 3.89. The van der Waals surface area contributed by atoms with Crippen molar-refractivity contribution in [2.24, 2.45) is 0 Å². The molecule has 21 heavy (non-hydrogen) atoms. The van der Waals surface area contributed by atoms with Gasteiger partial charge in [-0.3, -0.25) is 0 Å². The molecular formula is C16H28N4O. The molecule has 0 aliphatic heterocycles. The van der Waals surface area contributed by atoms with Crippen LogP contribution >= 0.6 is 0 Å². The van der Waals surface area contributed by atoms with Crippen molar-refractivity contribution < 1.29 is 5.11 Å². The summed E-state index contributed by atoms with van der Waals surface area (Å²) in [7, 11) is 0. The maximum atomic E-state index is 9.08. The highest BCUT2D eigenvalue weighted by atomic mass is 16.3. The Kier molecular flexibility index (Phi) is 5.79. The van der Waals surface area contributed by atoms with Crippen LogP contribution in [0.3, 0.4) is 0 Å². The second kappa shape index (κ2) is 7.59. The predicted octanol–water partition coefficient (Wildman–Crippen LogP) is 2.69. The molecule has 2 N–H and O–H groups in total. The first kappa shape index (κ1) is 16.0. The number of aliphatic hydroxyl groups is 1. The molecule has 0 unspecified atom stereocenters. The average Bonchev–Trinajstić information content (AvgIpc) is 3.32. The molecule has 0 spiro atoms. The van der Waals surface area contributed by atoms with Gasteiger partial charge < -0.3 is 15.3 Å². The summed E-state index contributed by atoms with van der Waals surface area (Å²) in [5, 5.41) is 12.5. The van der Waals surface area contributed by atoms with E-state index in [1.54, 1.807) is 0 Å². The fourth-order valence-electron chi connectivity index (χ4n) is 2.44. The fourth-order valence-corrected chi connectivity index (χ4v) is 2.44. The number of rotatable bonds is 9. The first-order valence-corrected chi connectivity index (χ1v) is 8.19. The van der Waals surface area contributed by atoms with E-state index in [1.807, 2.05) is 0 Å². The Balaban J connectivity index is 2.29. The van der Waals surface area contributed by atoms with E-state index in [1.165, 1.54) is 12.8 Å². The number of nitrogens with zero attached hydrogens (tertiary/aromatic N) is 3. The Hall–Kier alpha value is -1.36. The van der Waals surface area contributed by atoms with Crippen LogP contribution in [-0.2, 0) is 0 Å². The van der Waals surface area contributed by atoms with E-state index in [2.05, 4.69) is 31.0 Å². The van der Waals surface area contributed by atoms with Crippen LogP contribution in [0.1, 0.15) is 56.8 Å². The van der Waals surface area contributed by atoms with Crippen LogP contribution in [0.5, 0.6) is 0 Å². The summed E-state index contributed by atoms with van der Waals surface area (Å²) in [5.41, 5.74) is 1.12. The van der Waals surface area contributed by atoms with E-state index >= 15 is 0 Å². The summed E-state index contributed by atoms with van der Waals surface area (Å²) in [5.74, 6) is 3.53. The van der Waals surface area contributed by atoms with Gasteiger partial charge in [-0.2, -0.15) is 0 Å². The summed E-state index contributed by atoms with van der Waals surface area (Å²) < 4.78 is 0. The van der Waals surface area contributed by atoms with Gasteiger partial charge in [-0.1, -0.05) is 6.92 Å². The Morgan fingerprint density at radius 2 is 2.05 bits per heavy atom. The zero-order valence-corrected chi connectivity index (χ0v) is 13.5. The van der Waals surface area contributed by atoms with Crippen molar-refractivity contribution in [1.29, 1.82) is 0 Å². The molecule has 1 aliphatic rings. The Labute approximate surface area is 127 Å². The summed E-state index contributed by atoms with van der Waals surface area (Å²) in [6.07, 6.45) is 4.27. The minimum Gasteiger partial charge on any atom is -0.396 e. The zero-order chi connectivity index (χ0) is 15.2. The van der Waals surface area contributed by atoms with Gasteiger partial charge in [0, 0.05) is 37.7 Å². The van der Waals surface area contributed by atoms with Crippen LogP contribution in [0.2, 0.25) is 0 Å². The summed E-state index contributed by atoms with van der Waals surface area (Å²) in [4.78, 5) is 11.8. The number of aromatic nitrogens is 2. The minimum atomic E-state index is 0.219. The molecule has 0 radical (unpaired) electrons. The van der Waals surface area contributed by atoms with Crippen LogP contribution in [-0.4, -0.2) is 41.3 Å². The smallest absolute Gasteiger partial charge is 0.137 e. The second-order valence-electron chi connectivity index (χ2n) is 5.74. The molecule has 0 aromatic carbocycles. The van der Waals surface area contributed by atoms with E-state index in [4.69, 9.17) is 15.1 Å². The molecule has 0 saturated heterocycles. The van der Waals surface area contributed by atoms with Crippen molar-refractivity contribution in [3.8, 4) is 0 Å². The Morgan fingerprint density at radius 3 is 2.62 bits per heavy atom. The number of aliphatic hydroxyl groups excluding tert-OH is 1. The van der Waals surface area contributed by atoms with Gasteiger partial charge in [-0.25, -0.2) is 9.97 Å². The van der Waals surface area contributed by atoms with E-state index in [9.17, 15) is 0 Å². The molecular weight excluding hydrogens is 264 g/mol. The van der Waals surface area contributed by atoms with Crippen LogP contribution in [0.15, 0.2) is 0 Å². The summed E-state index contributed by atoms with van der Waals surface area (Å²) in [6.45, 7) is 9.27. The molecule has 1 aromatic rings. The van der Waals surface area contributed by atoms with Crippen LogP contribution in [0.4, 0.5) is 11.6 Å². The highest BCUT2D eigenvalue weighted by molar-refractivity contribution is 5.59. The van der Waals surface area contributed by atoms with Gasteiger partial charge in [-0.05, 0) is 39.5 Å². The maximum absolute atomic E-state index is 9.08. The lowest BCUT2D eigenvalue weighted by Gasteiger charge is -2.25. The molecule has 1 aliphatic carbocycles. The van der Waals surface area contributed by atoms with E-state index in [0.29, 0.717) is 5.92 Å². The van der Waals surface area contributed by atoms with Crippen LogP contribution in [0.25, 0.3) is 0 Å². The number of nitrogens with one attached hydrogen (secondary N) is 1. The van der Waals surface area contributed by atoms with Crippen molar-refractivity contribution in [3.05, 3.63) is 11.4 Å². The van der Waals surface area contributed by atoms with E-state index < -0.39 is 0 Å². The number of anilines is 2. The molecule has 0 atom stereocenters. The largest absolute Gasteiger partial charge is 0.396 e. The van der Waals surface area contributed by atoms with Gasteiger partial charge in [0.25, 0.3) is 0 Å². The van der Waals surface area contributed by atoms with Crippen LogP contribution < -0.4 is 10.2 Å². The van der Waals surface area contributed by atoms with Gasteiger partial charge in [0.2, 0.25) is 0 Å². The molecule has 1 heterocycles. The molecule has 0 amide bonds. The predicted molar refractivity (Wildman–Crippen MR) is 87.1 cm³/mol. The van der Waals surface area contributed by atoms with E-state index in [-0.39, 0.29) is 6.61 Å². The molecule has 5 nitrogen and oxygen atoms in total. The van der Waals surface area contributed by atoms with Gasteiger partial charge in [0.1, 0.15) is 17.5 Å². The standard InChI is InChI=1S/C16H28N4O/c1-4-9-17-14-12(3)16(20(5-2)10-6-11-21)19-15(18-14)13-7-8-13/h13,21H,4-11H2,1-3H3,(H,17,18,19). The van der Waals surface area contributed by atoms with Crippen molar-refractivity contribution >= 4 is 11.6 Å². The molecule has 0 bridgehead atoms. The zero-order valence-electron chi connectivity index (χ0n) is 13.5. The SMILES string of the molecule is CCCNc1nc(C2CC2)nc(N(CC)CCCO)c1C. The van der Waals surface area contributed by atoms with Crippen LogP contribution in [0, 0.1) is 6.92 Å². The third-order valence-electron chi connectivity index (χ3n) is 3.89. The first-order valence-electron chi connectivity index (χ1n) is 8.19. The van der Waals surface area contributed by atoms with Gasteiger partial charge in [0.15, 0.2) is 0 Å².